The first kappa shape index (κ1) is 20.1. The molecule has 3 aromatic rings. The summed E-state index contributed by atoms with van der Waals surface area (Å²) in [5.41, 5.74) is 2.24. The van der Waals surface area contributed by atoms with Crippen molar-refractivity contribution in [2.75, 3.05) is 19.6 Å². The molecule has 1 saturated heterocycles. The Bertz CT molecular complexity index is 1000. The molecule has 2 aromatic heterocycles. The second-order valence-electron chi connectivity index (χ2n) is 7.61. The van der Waals surface area contributed by atoms with Crippen LogP contribution in [0, 0.1) is 0 Å². The highest BCUT2D eigenvalue weighted by atomic mass is 16.2. The highest BCUT2D eigenvalue weighted by Crippen LogP contribution is 2.15. The van der Waals surface area contributed by atoms with E-state index in [4.69, 9.17) is 0 Å². The molecule has 1 aromatic carbocycles. The Hall–Kier alpha value is -3.19. The second-order valence-corrected chi connectivity index (χ2v) is 7.61. The fourth-order valence-electron chi connectivity index (χ4n) is 3.96. The van der Waals surface area contributed by atoms with Gasteiger partial charge in [-0.15, -0.1) is 0 Å². The minimum atomic E-state index is -0.452. The van der Waals surface area contributed by atoms with Gasteiger partial charge in [0.15, 0.2) is 0 Å². The van der Waals surface area contributed by atoms with Crippen LogP contribution in [-0.4, -0.2) is 51.9 Å². The van der Waals surface area contributed by atoms with E-state index < -0.39 is 6.04 Å². The zero-order valence-corrected chi connectivity index (χ0v) is 17.0. The minimum absolute atomic E-state index is 0.0842. The number of piperazine rings is 1. The predicted molar refractivity (Wildman–Crippen MR) is 116 cm³/mol. The first-order valence-corrected chi connectivity index (χ1v) is 10.4. The van der Waals surface area contributed by atoms with Crippen molar-refractivity contribution in [1.29, 1.82) is 0 Å². The van der Waals surface area contributed by atoms with Crippen LogP contribution in [0.3, 0.4) is 0 Å². The number of hydrogen-bond acceptors (Lipinski definition) is 4. The van der Waals surface area contributed by atoms with Gasteiger partial charge in [0, 0.05) is 56.8 Å². The summed E-state index contributed by atoms with van der Waals surface area (Å²) >= 11 is 0. The standard InChI is InChI=1S/C23H27N5O2/c29-22(25-10-4-12-27-13-8-19-6-1-2-7-20(19)27)15-21-23(30)26-11-14-28(21)17-18-5-3-9-24-16-18/h1-3,5-9,13,16,21H,4,10-12,14-15,17H2,(H,25,29)(H,26,30). The number of fused-ring (bicyclic) bond motifs is 1. The fourth-order valence-corrected chi connectivity index (χ4v) is 3.96. The first-order valence-electron chi connectivity index (χ1n) is 10.4. The average Bonchev–Trinajstić information content (AvgIpc) is 3.18. The van der Waals surface area contributed by atoms with E-state index in [0.717, 1.165) is 25.1 Å². The third-order valence-electron chi connectivity index (χ3n) is 5.51. The Balaban J connectivity index is 1.27. The monoisotopic (exact) mass is 405 g/mol. The summed E-state index contributed by atoms with van der Waals surface area (Å²) < 4.78 is 2.20. The van der Waals surface area contributed by atoms with Crippen LogP contribution >= 0.6 is 0 Å². The number of aryl methyl sites for hydroxylation is 1. The van der Waals surface area contributed by atoms with E-state index in [9.17, 15) is 9.59 Å². The molecule has 0 aliphatic carbocycles. The van der Waals surface area contributed by atoms with E-state index in [1.165, 1.54) is 10.9 Å². The van der Waals surface area contributed by atoms with Crippen LogP contribution in [0.15, 0.2) is 61.1 Å². The lowest BCUT2D eigenvalue weighted by molar-refractivity contribution is -0.134. The molecule has 0 bridgehead atoms. The van der Waals surface area contributed by atoms with Crippen LogP contribution in [0.1, 0.15) is 18.4 Å². The molecule has 1 aliphatic heterocycles. The molecule has 3 heterocycles. The number of rotatable bonds is 8. The maximum atomic E-state index is 12.5. The van der Waals surface area contributed by atoms with Crippen molar-refractivity contribution in [3.63, 3.8) is 0 Å². The lowest BCUT2D eigenvalue weighted by Gasteiger charge is -2.34. The maximum absolute atomic E-state index is 12.5. The van der Waals surface area contributed by atoms with Gasteiger partial charge in [0.05, 0.1) is 12.5 Å². The number of nitrogens with one attached hydrogen (secondary N) is 2. The van der Waals surface area contributed by atoms with Crippen molar-refractivity contribution >= 4 is 22.7 Å². The van der Waals surface area contributed by atoms with Gasteiger partial charge in [-0.25, -0.2) is 0 Å². The summed E-state index contributed by atoms with van der Waals surface area (Å²) in [4.78, 5) is 31.1. The number of benzene rings is 1. The summed E-state index contributed by atoms with van der Waals surface area (Å²) in [7, 11) is 0. The molecular weight excluding hydrogens is 378 g/mol. The second kappa shape index (κ2) is 9.54. The van der Waals surface area contributed by atoms with E-state index in [0.29, 0.717) is 19.6 Å². The smallest absolute Gasteiger partial charge is 0.237 e. The van der Waals surface area contributed by atoms with E-state index in [2.05, 4.69) is 49.5 Å². The third-order valence-corrected chi connectivity index (χ3v) is 5.51. The number of nitrogens with zero attached hydrogens (tertiary/aromatic N) is 3. The third kappa shape index (κ3) is 4.86. The normalized spacial score (nSPS) is 17.1. The Kier molecular flexibility index (Phi) is 6.39. The number of para-hydroxylation sites is 1. The highest BCUT2D eigenvalue weighted by Gasteiger charge is 2.31. The van der Waals surface area contributed by atoms with E-state index in [1.54, 1.807) is 12.4 Å². The van der Waals surface area contributed by atoms with Crippen molar-refractivity contribution in [3.8, 4) is 0 Å². The minimum Gasteiger partial charge on any atom is -0.356 e. The lowest BCUT2D eigenvalue weighted by Crippen LogP contribution is -2.56. The van der Waals surface area contributed by atoms with Gasteiger partial charge in [0.1, 0.15) is 0 Å². The van der Waals surface area contributed by atoms with E-state index in [-0.39, 0.29) is 18.2 Å². The number of carbonyl (C=O) groups excluding carboxylic acids is 2. The van der Waals surface area contributed by atoms with Crippen molar-refractivity contribution < 1.29 is 9.59 Å². The van der Waals surface area contributed by atoms with Crippen LogP contribution in [0.5, 0.6) is 0 Å². The van der Waals surface area contributed by atoms with Crippen LogP contribution in [0.2, 0.25) is 0 Å². The van der Waals surface area contributed by atoms with E-state index in [1.807, 2.05) is 24.3 Å². The first-order chi connectivity index (χ1) is 14.7. The van der Waals surface area contributed by atoms with Crippen molar-refractivity contribution in [2.45, 2.75) is 32.0 Å². The molecule has 156 valence electrons. The molecule has 0 saturated carbocycles. The Labute approximate surface area is 176 Å². The molecule has 30 heavy (non-hydrogen) atoms. The fraction of sp³-hybridized carbons (Fsp3) is 0.348. The van der Waals surface area contributed by atoms with Gasteiger partial charge in [-0.2, -0.15) is 0 Å². The van der Waals surface area contributed by atoms with E-state index >= 15 is 0 Å². The van der Waals surface area contributed by atoms with Crippen molar-refractivity contribution in [3.05, 3.63) is 66.6 Å². The van der Waals surface area contributed by atoms with Gasteiger partial charge < -0.3 is 15.2 Å². The molecule has 4 rings (SSSR count). The van der Waals surface area contributed by atoms with Gasteiger partial charge >= 0.3 is 0 Å². The van der Waals surface area contributed by atoms with Gasteiger partial charge in [-0.1, -0.05) is 24.3 Å². The van der Waals surface area contributed by atoms with Crippen LogP contribution in [0.25, 0.3) is 10.9 Å². The Morgan fingerprint density at radius 2 is 2.10 bits per heavy atom. The summed E-state index contributed by atoms with van der Waals surface area (Å²) in [6, 6.07) is 13.8. The summed E-state index contributed by atoms with van der Waals surface area (Å²) in [5, 5.41) is 7.07. The van der Waals surface area contributed by atoms with Crippen molar-refractivity contribution in [1.82, 2.24) is 25.1 Å². The molecule has 2 N–H and O–H groups in total. The Morgan fingerprint density at radius 1 is 1.20 bits per heavy atom. The van der Waals surface area contributed by atoms with Gasteiger partial charge in [0.2, 0.25) is 11.8 Å². The molecule has 7 nitrogen and oxygen atoms in total. The molecule has 0 radical (unpaired) electrons. The summed E-state index contributed by atoms with van der Waals surface area (Å²) in [5.74, 6) is -0.176. The zero-order valence-electron chi connectivity index (χ0n) is 17.0. The van der Waals surface area contributed by atoms with Gasteiger partial charge in [-0.3, -0.25) is 19.5 Å². The molecule has 1 fully saturated rings. The Morgan fingerprint density at radius 3 is 2.97 bits per heavy atom. The molecule has 2 amide bonds. The quantitative estimate of drug-likeness (QED) is 0.562. The zero-order chi connectivity index (χ0) is 20.8. The average molecular weight is 406 g/mol. The molecule has 1 atom stereocenters. The number of amides is 2. The van der Waals surface area contributed by atoms with Gasteiger partial charge in [0.25, 0.3) is 0 Å². The molecule has 7 heteroatoms. The molecular formula is C23H27N5O2. The summed E-state index contributed by atoms with van der Waals surface area (Å²) in [6.45, 7) is 3.36. The number of carbonyl (C=O) groups is 2. The number of aromatic nitrogens is 2. The largest absolute Gasteiger partial charge is 0.356 e. The number of pyridine rings is 1. The SMILES string of the molecule is O=C(CC1C(=O)NCCN1Cc1cccnc1)NCCCn1ccc2ccccc21. The van der Waals surface area contributed by atoms with Crippen LogP contribution in [-0.2, 0) is 22.7 Å². The topological polar surface area (TPSA) is 79.3 Å². The predicted octanol–water partition coefficient (Wildman–Crippen LogP) is 1.93. The maximum Gasteiger partial charge on any atom is 0.237 e. The molecule has 1 aliphatic rings. The molecule has 0 spiro atoms. The highest BCUT2D eigenvalue weighted by molar-refractivity contribution is 5.88. The summed E-state index contributed by atoms with van der Waals surface area (Å²) in [6.07, 6.45) is 6.61. The van der Waals surface area contributed by atoms with Crippen molar-refractivity contribution in [2.24, 2.45) is 0 Å². The number of hydrogen-bond donors (Lipinski definition) is 2. The van der Waals surface area contributed by atoms with Crippen LogP contribution < -0.4 is 10.6 Å². The van der Waals surface area contributed by atoms with Crippen LogP contribution in [0.4, 0.5) is 0 Å². The molecule has 1 unspecified atom stereocenters. The lowest BCUT2D eigenvalue weighted by atomic mass is 10.1. The van der Waals surface area contributed by atoms with Gasteiger partial charge in [-0.05, 0) is 35.6 Å².